The number of benzene rings is 1. The molecule has 0 saturated carbocycles. The van der Waals surface area contributed by atoms with Gasteiger partial charge in [-0.25, -0.2) is 0 Å². The van der Waals surface area contributed by atoms with Crippen LogP contribution in [0.1, 0.15) is 16.9 Å². The summed E-state index contributed by atoms with van der Waals surface area (Å²) in [6.45, 7) is 3.04. The minimum Gasteiger partial charge on any atom is -0.385 e. The molecule has 5 nitrogen and oxygen atoms in total. The molecule has 4 rings (SSSR count). The number of likely N-dealkylation sites (tertiary alicyclic amines) is 1. The number of aromatic amines is 1. The number of nitrogens with zero attached hydrogens (tertiary/aromatic N) is 1. The van der Waals surface area contributed by atoms with Crippen molar-refractivity contribution in [3.8, 4) is 0 Å². The Balaban J connectivity index is 1.48. The lowest BCUT2D eigenvalue weighted by atomic mass is 9.91. The largest absolute Gasteiger partial charge is 0.385 e. The molecule has 0 unspecified atom stereocenters. The van der Waals surface area contributed by atoms with E-state index in [0.717, 1.165) is 37.1 Å². The Morgan fingerprint density at radius 1 is 1.39 bits per heavy atom. The number of fused-ring (bicyclic) bond motifs is 2. The maximum atomic E-state index is 12.8. The van der Waals surface area contributed by atoms with E-state index in [1.807, 2.05) is 35.2 Å². The fourth-order valence-electron chi connectivity index (χ4n) is 3.89. The number of hydrogen-bond acceptors (Lipinski definition) is 3. The lowest BCUT2D eigenvalue weighted by Gasteiger charge is -2.19. The Morgan fingerprint density at radius 3 is 3.09 bits per heavy atom. The van der Waals surface area contributed by atoms with Crippen molar-refractivity contribution in [2.45, 2.75) is 12.5 Å². The van der Waals surface area contributed by atoms with Gasteiger partial charge >= 0.3 is 0 Å². The fraction of sp³-hybridized carbons (Fsp3) is 0.500. The highest BCUT2D eigenvalue weighted by Gasteiger charge is 2.45. The highest BCUT2D eigenvalue weighted by Crippen LogP contribution is 2.36. The van der Waals surface area contributed by atoms with Crippen LogP contribution in [0.4, 0.5) is 0 Å². The standard InChI is InChI=1S/C18H22N2O3/c1-22-7-6-13-11-23-17-10-20(9-14(13)17)18(21)16-8-12-4-2-3-5-15(12)19-16/h2-5,8,13-14,17,19H,6-7,9-11H2,1H3/t13-,14-,17-/m0/s1. The Morgan fingerprint density at radius 2 is 2.26 bits per heavy atom. The van der Waals surface area contributed by atoms with E-state index in [4.69, 9.17) is 9.47 Å². The number of aromatic nitrogens is 1. The van der Waals surface area contributed by atoms with E-state index in [0.29, 0.717) is 24.1 Å². The molecule has 1 aromatic heterocycles. The van der Waals surface area contributed by atoms with Gasteiger partial charge in [-0.05, 0) is 24.5 Å². The van der Waals surface area contributed by atoms with Crippen molar-refractivity contribution in [2.24, 2.45) is 11.8 Å². The summed E-state index contributed by atoms with van der Waals surface area (Å²) >= 11 is 0. The number of hydrogen-bond donors (Lipinski definition) is 1. The molecule has 0 spiro atoms. The zero-order valence-corrected chi connectivity index (χ0v) is 13.3. The maximum Gasteiger partial charge on any atom is 0.270 e. The molecular formula is C18H22N2O3. The third-order valence-electron chi connectivity index (χ3n) is 5.18. The molecule has 2 aromatic rings. The summed E-state index contributed by atoms with van der Waals surface area (Å²) in [5, 5.41) is 1.07. The first-order valence-electron chi connectivity index (χ1n) is 8.24. The van der Waals surface area contributed by atoms with Gasteiger partial charge in [0.25, 0.3) is 5.91 Å². The normalized spacial score (nSPS) is 26.8. The van der Waals surface area contributed by atoms with Gasteiger partial charge in [-0.2, -0.15) is 0 Å². The zero-order chi connectivity index (χ0) is 15.8. The van der Waals surface area contributed by atoms with Crippen LogP contribution in [0.25, 0.3) is 10.9 Å². The Hall–Kier alpha value is -1.85. The fourth-order valence-corrected chi connectivity index (χ4v) is 3.89. The quantitative estimate of drug-likeness (QED) is 0.942. The van der Waals surface area contributed by atoms with Gasteiger partial charge in [-0.3, -0.25) is 4.79 Å². The van der Waals surface area contributed by atoms with Crippen molar-refractivity contribution >= 4 is 16.8 Å². The van der Waals surface area contributed by atoms with Crippen LogP contribution < -0.4 is 0 Å². The first-order chi connectivity index (χ1) is 11.3. The number of ether oxygens (including phenoxy) is 2. The van der Waals surface area contributed by atoms with Gasteiger partial charge in [0.2, 0.25) is 0 Å². The number of nitrogens with one attached hydrogen (secondary N) is 1. The van der Waals surface area contributed by atoms with Crippen LogP contribution in [0.3, 0.4) is 0 Å². The van der Waals surface area contributed by atoms with E-state index in [-0.39, 0.29) is 12.0 Å². The Labute approximate surface area is 135 Å². The summed E-state index contributed by atoms with van der Waals surface area (Å²) in [7, 11) is 1.73. The molecule has 2 saturated heterocycles. The van der Waals surface area contributed by atoms with Gasteiger partial charge in [0.1, 0.15) is 5.69 Å². The first-order valence-corrected chi connectivity index (χ1v) is 8.24. The van der Waals surface area contributed by atoms with Crippen molar-refractivity contribution in [1.29, 1.82) is 0 Å². The molecule has 2 fully saturated rings. The average molecular weight is 314 g/mol. The Bertz CT molecular complexity index is 678. The van der Waals surface area contributed by atoms with Crippen LogP contribution in [0.5, 0.6) is 0 Å². The molecule has 0 bridgehead atoms. The predicted octanol–water partition coefficient (Wildman–Crippen LogP) is 2.29. The monoisotopic (exact) mass is 314 g/mol. The lowest BCUT2D eigenvalue weighted by Crippen LogP contribution is -2.31. The molecule has 122 valence electrons. The van der Waals surface area contributed by atoms with Gasteiger partial charge < -0.3 is 19.4 Å². The summed E-state index contributed by atoms with van der Waals surface area (Å²) in [5.41, 5.74) is 1.67. The molecule has 23 heavy (non-hydrogen) atoms. The molecule has 1 aromatic carbocycles. The molecule has 2 aliphatic heterocycles. The second-order valence-corrected chi connectivity index (χ2v) is 6.56. The van der Waals surface area contributed by atoms with Crippen LogP contribution in [0, 0.1) is 11.8 Å². The van der Waals surface area contributed by atoms with Gasteiger partial charge in [0.15, 0.2) is 0 Å². The van der Waals surface area contributed by atoms with Crippen LogP contribution in [0.2, 0.25) is 0 Å². The average Bonchev–Trinajstić information content (AvgIpc) is 3.25. The number of methoxy groups -OCH3 is 1. The van der Waals surface area contributed by atoms with Crippen molar-refractivity contribution in [3.05, 3.63) is 36.0 Å². The topological polar surface area (TPSA) is 54.6 Å². The number of rotatable bonds is 4. The summed E-state index contributed by atoms with van der Waals surface area (Å²) in [6.07, 6.45) is 1.19. The molecule has 1 N–H and O–H groups in total. The maximum absolute atomic E-state index is 12.8. The number of amides is 1. The van der Waals surface area contributed by atoms with Crippen molar-refractivity contribution in [3.63, 3.8) is 0 Å². The number of para-hydroxylation sites is 1. The van der Waals surface area contributed by atoms with Crippen molar-refractivity contribution < 1.29 is 14.3 Å². The van der Waals surface area contributed by atoms with Gasteiger partial charge in [-0.15, -0.1) is 0 Å². The highest BCUT2D eigenvalue weighted by molar-refractivity contribution is 5.98. The van der Waals surface area contributed by atoms with E-state index in [1.165, 1.54) is 0 Å². The van der Waals surface area contributed by atoms with E-state index in [1.54, 1.807) is 7.11 Å². The van der Waals surface area contributed by atoms with Crippen molar-refractivity contribution in [1.82, 2.24) is 9.88 Å². The van der Waals surface area contributed by atoms with Gasteiger partial charge in [0.05, 0.1) is 12.7 Å². The van der Waals surface area contributed by atoms with Crippen molar-refractivity contribution in [2.75, 3.05) is 33.4 Å². The van der Waals surface area contributed by atoms with E-state index in [9.17, 15) is 4.79 Å². The molecule has 3 atom stereocenters. The van der Waals surface area contributed by atoms with Crippen LogP contribution >= 0.6 is 0 Å². The number of carbonyl (C=O) groups is 1. The first kappa shape index (κ1) is 14.7. The van der Waals surface area contributed by atoms with Crippen LogP contribution in [-0.4, -0.2) is 55.3 Å². The SMILES string of the molecule is COCC[C@H]1CO[C@H]2CN(C(=O)c3cc4ccccc4[nH]3)C[C@@H]12. The second kappa shape index (κ2) is 5.98. The van der Waals surface area contributed by atoms with E-state index >= 15 is 0 Å². The number of carbonyl (C=O) groups excluding carboxylic acids is 1. The van der Waals surface area contributed by atoms with E-state index < -0.39 is 0 Å². The van der Waals surface area contributed by atoms with Gasteiger partial charge in [-0.1, -0.05) is 18.2 Å². The minimum absolute atomic E-state index is 0.0738. The summed E-state index contributed by atoms with van der Waals surface area (Å²) < 4.78 is 11.1. The highest BCUT2D eigenvalue weighted by atomic mass is 16.5. The van der Waals surface area contributed by atoms with Gasteiger partial charge in [0, 0.05) is 43.6 Å². The molecule has 0 radical (unpaired) electrons. The lowest BCUT2D eigenvalue weighted by molar-refractivity contribution is 0.0662. The summed E-state index contributed by atoms with van der Waals surface area (Å²) in [5.74, 6) is 1.02. The molecule has 5 heteroatoms. The molecule has 2 aliphatic rings. The minimum atomic E-state index is 0.0738. The summed E-state index contributed by atoms with van der Waals surface area (Å²) in [6, 6.07) is 9.91. The summed E-state index contributed by atoms with van der Waals surface area (Å²) in [4.78, 5) is 17.9. The molecular weight excluding hydrogens is 292 g/mol. The molecule has 1 amide bonds. The third-order valence-corrected chi connectivity index (χ3v) is 5.18. The molecule has 0 aliphatic carbocycles. The smallest absolute Gasteiger partial charge is 0.270 e. The number of H-pyrrole nitrogens is 1. The molecule has 3 heterocycles. The Kier molecular flexibility index (Phi) is 3.83. The van der Waals surface area contributed by atoms with E-state index in [2.05, 4.69) is 4.98 Å². The third kappa shape index (κ3) is 2.64. The predicted molar refractivity (Wildman–Crippen MR) is 87.4 cm³/mol. The second-order valence-electron chi connectivity index (χ2n) is 6.56. The zero-order valence-electron chi connectivity index (χ0n) is 13.3. The van der Waals surface area contributed by atoms with Crippen LogP contribution in [-0.2, 0) is 9.47 Å². The van der Waals surface area contributed by atoms with Crippen LogP contribution in [0.15, 0.2) is 30.3 Å².